The van der Waals surface area contributed by atoms with Crippen LogP contribution in [-0.4, -0.2) is 4.98 Å². The predicted molar refractivity (Wildman–Crippen MR) is 67.1 cm³/mol. The van der Waals surface area contributed by atoms with Gasteiger partial charge in [-0.15, -0.1) is 0 Å². The molecule has 1 aliphatic rings. The van der Waals surface area contributed by atoms with Crippen LogP contribution in [0.3, 0.4) is 0 Å². The second-order valence-corrected chi connectivity index (χ2v) is 3.88. The maximum absolute atomic E-state index is 4.44. The Kier molecular flexibility index (Phi) is 4.54. The van der Waals surface area contributed by atoms with Gasteiger partial charge in [-0.2, -0.15) is 0 Å². The van der Waals surface area contributed by atoms with Crippen LogP contribution in [0.15, 0.2) is 12.3 Å². The number of fused-ring (bicyclic) bond motifs is 1. The molecule has 0 aliphatic heterocycles. The van der Waals surface area contributed by atoms with Gasteiger partial charge in [0.1, 0.15) is 0 Å². The van der Waals surface area contributed by atoms with E-state index in [2.05, 4.69) is 37.0 Å². The molecule has 0 bridgehead atoms. The summed E-state index contributed by atoms with van der Waals surface area (Å²) in [5.41, 5.74) is 1.20. The molecule has 0 radical (unpaired) electrons. The number of rotatable bonds is 1. The molecular weight excluding hydrogens is 182 g/mol. The van der Waals surface area contributed by atoms with E-state index in [-0.39, 0.29) is 0 Å². The molecule has 15 heavy (non-hydrogen) atoms. The van der Waals surface area contributed by atoms with Gasteiger partial charge in [0.2, 0.25) is 0 Å². The smallest absolute Gasteiger partial charge is 0.0435 e. The van der Waals surface area contributed by atoms with E-state index in [4.69, 9.17) is 0 Å². The van der Waals surface area contributed by atoms with Gasteiger partial charge in [-0.1, -0.05) is 39.8 Å². The van der Waals surface area contributed by atoms with Crippen LogP contribution in [0.25, 0.3) is 12.2 Å². The maximum Gasteiger partial charge on any atom is 0.0435 e. The van der Waals surface area contributed by atoms with Crippen molar-refractivity contribution in [3.05, 3.63) is 28.4 Å². The summed E-state index contributed by atoms with van der Waals surface area (Å²) in [7, 11) is 0. The Balaban J connectivity index is 0.000000531. The van der Waals surface area contributed by atoms with Gasteiger partial charge < -0.3 is 0 Å². The zero-order valence-corrected chi connectivity index (χ0v) is 10.2. The van der Waals surface area contributed by atoms with Crippen molar-refractivity contribution in [1.82, 2.24) is 4.98 Å². The molecule has 0 unspecified atom stereocenters. The highest BCUT2D eigenvalue weighted by atomic mass is 14.7. The van der Waals surface area contributed by atoms with E-state index in [1.165, 1.54) is 22.6 Å². The van der Waals surface area contributed by atoms with Crippen LogP contribution in [-0.2, 0) is 0 Å². The second-order valence-electron chi connectivity index (χ2n) is 3.88. The fourth-order valence-electron chi connectivity index (χ4n) is 1.64. The van der Waals surface area contributed by atoms with Crippen molar-refractivity contribution in [2.24, 2.45) is 0 Å². The van der Waals surface area contributed by atoms with E-state index in [0.29, 0.717) is 5.92 Å². The number of hydrogen-bond donors (Lipinski definition) is 0. The van der Waals surface area contributed by atoms with Gasteiger partial charge >= 0.3 is 0 Å². The Morgan fingerprint density at radius 2 is 1.67 bits per heavy atom. The van der Waals surface area contributed by atoms with Crippen LogP contribution < -0.4 is 10.4 Å². The average molecular weight is 203 g/mol. The molecule has 0 amide bonds. The molecule has 2 rings (SSSR count). The third kappa shape index (κ3) is 2.92. The standard InChI is InChI=1S/C12H15N.C2H6/c1-9(2)12-7-10-5-3-4-6-11(10)8-13-12;1-2/h5-9H,3-4H2,1-2H3;1-2H3. The minimum atomic E-state index is 0.528. The SMILES string of the molecule is CC.CC(C)c1cc2c(cn1)=CCCC=2. The second kappa shape index (κ2) is 5.69. The Labute approximate surface area is 92.6 Å². The number of nitrogens with zero attached hydrogens (tertiary/aromatic N) is 1. The van der Waals surface area contributed by atoms with E-state index < -0.39 is 0 Å². The molecule has 82 valence electrons. The Morgan fingerprint density at radius 3 is 2.27 bits per heavy atom. The molecule has 1 heterocycles. The van der Waals surface area contributed by atoms with Crippen molar-refractivity contribution in [2.75, 3.05) is 0 Å². The fourth-order valence-corrected chi connectivity index (χ4v) is 1.64. The molecule has 0 spiro atoms. The third-order valence-corrected chi connectivity index (χ3v) is 2.48. The zero-order chi connectivity index (χ0) is 11.3. The first-order valence-corrected chi connectivity index (χ1v) is 5.94. The van der Waals surface area contributed by atoms with E-state index in [0.717, 1.165) is 6.42 Å². The molecule has 1 aliphatic carbocycles. The summed E-state index contributed by atoms with van der Waals surface area (Å²) in [6.07, 6.45) is 8.92. The van der Waals surface area contributed by atoms with Crippen LogP contribution >= 0.6 is 0 Å². The first-order valence-electron chi connectivity index (χ1n) is 5.94. The molecule has 1 aromatic heterocycles. The molecule has 1 nitrogen and oxygen atoms in total. The number of hydrogen-bond acceptors (Lipinski definition) is 1. The highest BCUT2D eigenvalue weighted by molar-refractivity contribution is 5.37. The average Bonchev–Trinajstić information content (AvgIpc) is 2.31. The van der Waals surface area contributed by atoms with Crippen LogP contribution in [0, 0.1) is 0 Å². The van der Waals surface area contributed by atoms with Gasteiger partial charge in [0, 0.05) is 11.9 Å². The molecule has 0 saturated carbocycles. The highest BCUT2D eigenvalue weighted by Gasteiger charge is 2.01. The summed E-state index contributed by atoms with van der Waals surface area (Å²) in [6.45, 7) is 8.36. The minimum absolute atomic E-state index is 0.528. The summed E-state index contributed by atoms with van der Waals surface area (Å²) in [4.78, 5) is 4.44. The summed E-state index contributed by atoms with van der Waals surface area (Å²) >= 11 is 0. The van der Waals surface area contributed by atoms with Gasteiger partial charge in [-0.25, -0.2) is 0 Å². The Bertz CT molecular complexity index is 415. The van der Waals surface area contributed by atoms with Gasteiger partial charge in [-0.05, 0) is 35.3 Å². The summed E-state index contributed by atoms with van der Waals surface area (Å²) in [5, 5.41) is 2.67. The maximum atomic E-state index is 4.44. The van der Waals surface area contributed by atoms with Crippen LogP contribution in [0.1, 0.15) is 52.1 Å². The van der Waals surface area contributed by atoms with Gasteiger partial charge in [0.15, 0.2) is 0 Å². The molecule has 0 atom stereocenters. The molecule has 0 aromatic carbocycles. The topological polar surface area (TPSA) is 12.9 Å². The largest absolute Gasteiger partial charge is 0.260 e. The Morgan fingerprint density at radius 1 is 1.07 bits per heavy atom. The first-order chi connectivity index (χ1) is 7.27. The van der Waals surface area contributed by atoms with Gasteiger partial charge in [-0.3, -0.25) is 4.98 Å². The highest BCUT2D eigenvalue weighted by Crippen LogP contribution is 2.07. The molecule has 1 heteroatoms. The lowest BCUT2D eigenvalue weighted by Gasteiger charge is -2.05. The minimum Gasteiger partial charge on any atom is -0.260 e. The molecule has 0 fully saturated rings. The van der Waals surface area contributed by atoms with E-state index in [1.54, 1.807) is 0 Å². The molecule has 0 saturated heterocycles. The van der Waals surface area contributed by atoms with Gasteiger partial charge in [0.25, 0.3) is 0 Å². The van der Waals surface area contributed by atoms with Crippen LogP contribution in [0.2, 0.25) is 0 Å². The van der Waals surface area contributed by atoms with E-state index in [1.807, 2.05) is 20.0 Å². The normalized spacial score (nSPS) is 13.1. The molecule has 1 aromatic rings. The molecule has 0 N–H and O–H groups in total. The van der Waals surface area contributed by atoms with Crippen molar-refractivity contribution >= 4 is 12.2 Å². The van der Waals surface area contributed by atoms with Crippen molar-refractivity contribution < 1.29 is 0 Å². The van der Waals surface area contributed by atoms with E-state index >= 15 is 0 Å². The van der Waals surface area contributed by atoms with Crippen LogP contribution in [0.4, 0.5) is 0 Å². The Hall–Kier alpha value is -1.11. The van der Waals surface area contributed by atoms with Crippen molar-refractivity contribution in [3.63, 3.8) is 0 Å². The third-order valence-electron chi connectivity index (χ3n) is 2.48. The van der Waals surface area contributed by atoms with E-state index in [9.17, 15) is 0 Å². The lowest BCUT2D eigenvalue weighted by Crippen LogP contribution is -2.28. The number of pyridine rings is 1. The number of aromatic nitrogens is 1. The summed E-state index contributed by atoms with van der Waals surface area (Å²) < 4.78 is 0. The lowest BCUT2D eigenvalue weighted by atomic mass is 10.1. The van der Waals surface area contributed by atoms with Crippen molar-refractivity contribution in [3.8, 4) is 0 Å². The fraction of sp³-hybridized carbons (Fsp3) is 0.500. The monoisotopic (exact) mass is 203 g/mol. The van der Waals surface area contributed by atoms with Crippen molar-refractivity contribution in [1.29, 1.82) is 0 Å². The molecular formula is C14H21N. The predicted octanol–water partition coefficient (Wildman–Crippen LogP) is 2.59. The summed E-state index contributed by atoms with van der Waals surface area (Å²) in [6, 6.07) is 2.22. The zero-order valence-electron chi connectivity index (χ0n) is 10.2. The lowest BCUT2D eigenvalue weighted by molar-refractivity contribution is 0.818. The van der Waals surface area contributed by atoms with Crippen LogP contribution in [0.5, 0.6) is 0 Å². The van der Waals surface area contributed by atoms with Gasteiger partial charge in [0.05, 0.1) is 0 Å². The quantitative estimate of drug-likeness (QED) is 0.683. The van der Waals surface area contributed by atoms with Crippen molar-refractivity contribution in [2.45, 2.75) is 46.5 Å². The summed E-state index contributed by atoms with van der Waals surface area (Å²) in [5.74, 6) is 0.528. The first kappa shape index (κ1) is 12.0.